The van der Waals surface area contributed by atoms with E-state index in [1.165, 1.54) is 23.5 Å². The van der Waals surface area contributed by atoms with E-state index in [1.54, 1.807) is 17.5 Å². The van der Waals surface area contributed by atoms with Crippen LogP contribution in [0.2, 0.25) is 0 Å². The first-order valence-corrected chi connectivity index (χ1v) is 6.58. The summed E-state index contributed by atoms with van der Waals surface area (Å²) in [6, 6.07) is 5.77. The molecule has 0 radical (unpaired) electrons. The van der Waals surface area contributed by atoms with Crippen LogP contribution >= 0.6 is 11.3 Å². The van der Waals surface area contributed by atoms with Crippen molar-refractivity contribution in [3.8, 4) is 11.3 Å². The molecular weight excluding hydrogens is 248 g/mol. The molecule has 1 aromatic heterocycles. The molecule has 0 saturated heterocycles. The van der Waals surface area contributed by atoms with Gasteiger partial charge in [-0.15, -0.1) is 11.3 Å². The lowest BCUT2D eigenvalue weighted by atomic mass is 10.2. The van der Waals surface area contributed by atoms with E-state index in [2.05, 4.69) is 4.98 Å². The summed E-state index contributed by atoms with van der Waals surface area (Å²) in [4.78, 5) is 3.92. The fourth-order valence-electron chi connectivity index (χ4n) is 1.22. The molecule has 0 aliphatic heterocycles. The van der Waals surface area contributed by atoms with Crippen LogP contribution < -0.4 is 5.73 Å². The minimum absolute atomic E-state index is 0.139. The Labute approximate surface area is 96.3 Å². The number of benzene rings is 1. The molecule has 0 unspecified atom stereocenters. The zero-order chi connectivity index (χ0) is 11.8. The summed E-state index contributed by atoms with van der Waals surface area (Å²) >= 11 is 1.31. The topological polar surface area (TPSA) is 93.3 Å². The maximum Gasteiger partial charge on any atom is 0.294 e. The highest BCUT2D eigenvalue weighted by molar-refractivity contribution is 7.85. The smallest absolute Gasteiger partial charge is 0.294 e. The van der Waals surface area contributed by atoms with Gasteiger partial charge in [0.2, 0.25) is 0 Å². The predicted octanol–water partition coefficient (Wildman–Crippen LogP) is 1.64. The van der Waals surface area contributed by atoms with Crippen molar-refractivity contribution in [2.45, 2.75) is 4.90 Å². The normalized spacial score (nSPS) is 11.6. The molecule has 0 atom stereocenters. The van der Waals surface area contributed by atoms with Crippen molar-refractivity contribution in [1.29, 1.82) is 0 Å². The Morgan fingerprint density at radius 1 is 1.25 bits per heavy atom. The molecule has 0 bridgehead atoms. The summed E-state index contributed by atoms with van der Waals surface area (Å²) < 4.78 is 30.4. The molecule has 0 saturated carbocycles. The van der Waals surface area contributed by atoms with Gasteiger partial charge in [-0.1, -0.05) is 12.1 Å². The van der Waals surface area contributed by atoms with Crippen molar-refractivity contribution in [3.05, 3.63) is 29.6 Å². The summed E-state index contributed by atoms with van der Waals surface area (Å²) in [6.07, 6.45) is 0. The van der Waals surface area contributed by atoms with Gasteiger partial charge in [0.15, 0.2) is 5.13 Å². The average molecular weight is 256 g/mol. The average Bonchev–Trinajstić information content (AvgIpc) is 2.64. The molecular formula is C9H8N2O3S2. The summed E-state index contributed by atoms with van der Waals surface area (Å²) in [6.45, 7) is 0. The number of hydrogen-bond donors (Lipinski definition) is 2. The third kappa shape index (κ3) is 2.21. The fourth-order valence-corrected chi connectivity index (χ4v) is 2.27. The molecule has 2 aromatic rings. The molecule has 2 rings (SSSR count). The van der Waals surface area contributed by atoms with Gasteiger partial charge in [0, 0.05) is 10.9 Å². The van der Waals surface area contributed by atoms with Crippen molar-refractivity contribution in [2.75, 3.05) is 5.73 Å². The van der Waals surface area contributed by atoms with Crippen LogP contribution in [-0.2, 0) is 10.1 Å². The lowest BCUT2D eigenvalue weighted by Gasteiger charge is -1.98. The van der Waals surface area contributed by atoms with Crippen molar-refractivity contribution < 1.29 is 13.0 Å². The van der Waals surface area contributed by atoms with E-state index in [0.29, 0.717) is 10.8 Å². The second-order valence-electron chi connectivity index (χ2n) is 3.07. The van der Waals surface area contributed by atoms with Crippen LogP contribution in [0.15, 0.2) is 34.5 Å². The fraction of sp³-hybridized carbons (Fsp3) is 0. The van der Waals surface area contributed by atoms with Crippen LogP contribution in [0, 0.1) is 0 Å². The predicted molar refractivity (Wildman–Crippen MR) is 61.8 cm³/mol. The molecule has 7 heteroatoms. The maximum atomic E-state index is 10.8. The van der Waals surface area contributed by atoms with Gasteiger partial charge < -0.3 is 5.73 Å². The number of rotatable bonds is 2. The Bertz CT molecular complexity index is 602. The molecule has 0 aliphatic rings. The SMILES string of the molecule is Nc1nc(-c2ccc(S(=O)(=O)O)cc2)cs1. The first kappa shape index (κ1) is 11.1. The lowest BCUT2D eigenvalue weighted by Crippen LogP contribution is -1.97. The Kier molecular flexibility index (Phi) is 2.66. The zero-order valence-electron chi connectivity index (χ0n) is 7.99. The third-order valence-electron chi connectivity index (χ3n) is 1.97. The quantitative estimate of drug-likeness (QED) is 0.797. The van der Waals surface area contributed by atoms with Gasteiger partial charge in [-0.05, 0) is 12.1 Å². The van der Waals surface area contributed by atoms with Gasteiger partial charge in [0.05, 0.1) is 10.6 Å². The van der Waals surface area contributed by atoms with E-state index in [4.69, 9.17) is 10.3 Å². The second-order valence-corrected chi connectivity index (χ2v) is 5.38. The Hall–Kier alpha value is -1.44. The molecule has 0 fully saturated rings. The standard InChI is InChI=1S/C9H8N2O3S2/c10-9-11-8(5-15-9)6-1-3-7(4-2-6)16(12,13)14/h1-5H,(H2,10,11)(H,12,13,14). The highest BCUT2D eigenvalue weighted by Gasteiger charge is 2.09. The number of nitrogens with zero attached hydrogens (tertiary/aromatic N) is 1. The molecule has 5 nitrogen and oxygen atoms in total. The van der Waals surface area contributed by atoms with E-state index in [0.717, 1.165) is 5.56 Å². The third-order valence-corrected chi connectivity index (χ3v) is 3.51. The number of hydrogen-bond acceptors (Lipinski definition) is 5. The van der Waals surface area contributed by atoms with Gasteiger partial charge in [0.25, 0.3) is 10.1 Å². The van der Waals surface area contributed by atoms with Crippen LogP contribution in [0.4, 0.5) is 5.13 Å². The summed E-state index contributed by atoms with van der Waals surface area (Å²) in [7, 11) is -4.14. The highest BCUT2D eigenvalue weighted by atomic mass is 32.2. The largest absolute Gasteiger partial charge is 0.375 e. The number of anilines is 1. The van der Waals surface area contributed by atoms with E-state index in [9.17, 15) is 8.42 Å². The molecule has 3 N–H and O–H groups in total. The van der Waals surface area contributed by atoms with Gasteiger partial charge >= 0.3 is 0 Å². The first-order valence-electron chi connectivity index (χ1n) is 4.26. The monoisotopic (exact) mass is 256 g/mol. The highest BCUT2D eigenvalue weighted by Crippen LogP contribution is 2.24. The molecule has 1 heterocycles. The van der Waals surface area contributed by atoms with Gasteiger partial charge in [-0.3, -0.25) is 4.55 Å². The maximum absolute atomic E-state index is 10.8. The van der Waals surface area contributed by atoms with Gasteiger partial charge in [-0.2, -0.15) is 8.42 Å². The number of aromatic nitrogens is 1. The van der Waals surface area contributed by atoms with E-state index in [-0.39, 0.29) is 4.90 Å². The van der Waals surface area contributed by atoms with Crippen LogP contribution in [-0.4, -0.2) is 18.0 Å². The van der Waals surface area contributed by atoms with Crippen LogP contribution in [0.3, 0.4) is 0 Å². The first-order chi connectivity index (χ1) is 7.47. The van der Waals surface area contributed by atoms with E-state index in [1.807, 2.05) is 0 Å². The Morgan fingerprint density at radius 2 is 1.88 bits per heavy atom. The number of nitrogens with two attached hydrogens (primary N) is 1. The molecule has 16 heavy (non-hydrogen) atoms. The minimum atomic E-state index is -4.14. The Morgan fingerprint density at radius 3 is 2.31 bits per heavy atom. The summed E-state index contributed by atoms with van der Waals surface area (Å²) in [5.41, 5.74) is 6.92. The van der Waals surface area contributed by atoms with Crippen LogP contribution in [0.25, 0.3) is 11.3 Å². The molecule has 0 spiro atoms. The zero-order valence-corrected chi connectivity index (χ0v) is 9.62. The van der Waals surface area contributed by atoms with Gasteiger partial charge in [0.1, 0.15) is 0 Å². The van der Waals surface area contributed by atoms with Gasteiger partial charge in [-0.25, -0.2) is 4.98 Å². The lowest BCUT2D eigenvalue weighted by molar-refractivity contribution is 0.483. The molecule has 0 aliphatic carbocycles. The van der Waals surface area contributed by atoms with Crippen LogP contribution in [0.5, 0.6) is 0 Å². The second kappa shape index (κ2) is 3.85. The minimum Gasteiger partial charge on any atom is -0.375 e. The number of nitrogen functional groups attached to an aromatic ring is 1. The van der Waals surface area contributed by atoms with Crippen molar-refractivity contribution in [2.24, 2.45) is 0 Å². The van der Waals surface area contributed by atoms with Crippen molar-refractivity contribution in [1.82, 2.24) is 4.98 Å². The molecule has 1 aromatic carbocycles. The van der Waals surface area contributed by atoms with Crippen molar-refractivity contribution in [3.63, 3.8) is 0 Å². The summed E-state index contributed by atoms with van der Waals surface area (Å²) in [5.74, 6) is 0. The van der Waals surface area contributed by atoms with Crippen molar-refractivity contribution >= 4 is 26.6 Å². The van der Waals surface area contributed by atoms with E-state index >= 15 is 0 Å². The Balaban J connectivity index is 2.40. The summed E-state index contributed by atoms with van der Waals surface area (Å²) in [5, 5.41) is 2.23. The molecule has 0 amide bonds. The van der Waals surface area contributed by atoms with E-state index < -0.39 is 10.1 Å². The van der Waals surface area contributed by atoms with Crippen LogP contribution in [0.1, 0.15) is 0 Å². The number of thiazole rings is 1. The molecule has 84 valence electrons.